The number of nitrogens with zero attached hydrogens (tertiary/aromatic N) is 1. The molecular weight excluding hydrogens is 308 g/mol. The van der Waals surface area contributed by atoms with Crippen LogP contribution < -0.4 is 10.1 Å². The van der Waals surface area contributed by atoms with Crippen LogP contribution in [0, 0.1) is 5.92 Å². The summed E-state index contributed by atoms with van der Waals surface area (Å²) in [7, 11) is 4.89. The first kappa shape index (κ1) is 18.7. The standard InChI is InChI=1S/C18H28N2O4/c1-22-9-8-20(18(21)13-23-2)12-14-10-19-11-16(14)15-6-4-5-7-17(15)24-3/h4-7,14,16,19H,8-13H2,1-3H3. The fraction of sp³-hybridized carbons (Fsp3) is 0.611. The van der Waals surface area contributed by atoms with Gasteiger partial charge in [-0.25, -0.2) is 0 Å². The minimum Gasteiger partial charge on any atom is -0.496 e. The molecule has 1 aliphatic rings. The smallest absolute Gasteiger partial charge is 0.248 e. The van der Waals surface area contributed by atoms with Crippen LogP contribution in [0.3, 0.4) is 0 Å². The van der Waals surface area contributed by atoms with Gasteiger partial charge >= 0.3 is 0 Å². The number of hydrogen-bond acceptors (Lipinski definition) is 5. The van der Waals surface area contributed by atoms with Crippen molar-refractivity contribution in [3.63, 3.8) is 0 Å². The third-order valence-corrected chi connectivity index (χ3v) is 4.52. The lowest BCUT2D eigenvalue weighted by atomic mass is 9.88. The van der Waals surface area contributed by atoms with Crippen LogP contribution >= 0.6 is 0 Å². The monoisotopic (exact) mass is 336 g/mol. The highest BCUT2D eigenvalue weighted by molar-refractivity contribution is 5.77. The molecule has 1 heterocycles. The first-order valence-corrected chi connectivity index (χ1v) is 8.30. The highest BCUT2D eigenvalue weighted by atomic mass is 16.5. The molecular formula is C18H28N2O4. The molecule has 6 heteroatoms. The molecule has 2 unspecified atom stereocenters. The number of hydrogen-bond donors (Lipinski definition) is 1. The maximum Gasteiger partial charge on any atom is 0.248 e. The summed E-state index contributed by atoms with van der Waals surface area (Å²) in [6.07, 6.45) is 0. The summed E-state index contributed by atoms with van der Waals surface area (Å²) >= 11 is 0. The van der Waals surface area contributed by atoms with Crippen molar-refractivity contribution in [1.82, 2.24) is 10.2 Å². The van der Waals surface area contributed by atoms with Crippen molar-refractivity contribution in [3.05, 3.63) is 29.8 Å². The van der Waals surface area contributed by atoms with E-state index in [9.17, 15) is 4.79 Å². The SMILES string of the molecule is COCCN(CC1CNCC1c1ccccc1OC)C(=O)COC. The Labute approximate surface area is 144 Å². The van der Waals surface area contributed by atoms with Gasteiger partial charge in [-0.05, 0) is 17.5 Å². The fourth-order valence-corrected chi connectivity index (χ4v) is 3.28. The van der Waals surface area contributed by atoms with Gasteiger partial charge in [-0.3, -0.25) is 4.79 Å². The number of ether oxygens (including phenoxy) is 3. The first-order chi connectivity index (χ1) is 11.7. The predicted octanol–water partition coefficient (Wildman–Crippen LogP) is 1.12. The lowest BCUT2D eigenvalue weighted by molar-refractivity contribution is -0.136. The van der Waals surface area contributed by atoms with Gasteiger partial charge in [-0.1, -0.05) is 18.2 Å². The molecule has 1 aromatic rings. The van der Waals surface area contributed by atoms with E-state index in [0.717, 1.165) is 18.8 Å². The van der Waals surface area contributed by atoms with Crippen LogP contribution in [0.2, 0.25) is 0 Å². The quantitative estimate of drug-likeness (QED) is 0.732. The predicted molar refractivity (Wildman–Crippen MR) is 92.4 cm³/mol. The van der Waals surface area contributed by atoms with E-state index in [1.54, 1.807) is 21.3 Å². The Kier molecular flexibility index (Phi) is 7.49. The molecule has 0 aliphatic carbocycles. The normalized spacial score (nSPS) is 20.1. The number of carbonyl (C=O) groups excluding carboxylic acids is 1. The van der Waals surface area contributed by atoms with Gasteiger partial charge in [0.25, 0.3) is 0 Å². The molecule has 1 fully saturated rings. The van der Waals surface area contributed by atoms with E-state index in [2.05, 4.69) is 11.4 Å². The molecule has 0 radical (unpaired) electrons. The Balaban J connectivity index is 2.11. The average Bonchev–Trinajstić information content (AvgIpc) is 3.06. The number of methoxy groups -OCH3 is 3. The van der Waals surface area contributed by atoms with Gasteiger partial charge in [0.15, 0.2) is 0 Å². The molecule has 1 aliphatic heterocycles. The Bertz CT molecular complexity index is 523. The summed E-state index contributed by atoms with van der Waals surface area (Å²) in [5.74, 6) is 1.56. The van der Waals surface area contributed by atoms with Crippen LogP contribution in [0.5, 0.6) is 5.75 Å². The van der Waals surface area contributed by atoms with Crippen LogP contribution in [0.1, 0.15) is 11.5 Å². The highest BCUT2D eigenvalue weighted by Gasteiger charge is 2.32. The zero-order valence-electron chi connectivity index (χ0n) is 14.8. The molecule has 134 valence electrons. The van der Waals surface area contributed by atoms with Gasteiger partial charge in [0.2, 0.25) is 5.91 Å². The van der Waals surface area contributed by atoms with Crippen LogP contribution in [0.4, 0.5) is 0 Å². The summed E-state index contributed by atoms with van der Waals surface area (Å²) < 4.78 is 15.7. The van der Waals surface area contributed by atoms with Gasteiger partial charge in [-0.2, -0.15) is 0 Å². The molecule has 1 saturated heterocycles. The maximum absolute atomic E-state index is 12.3. The van der Waals surface area contributed by atoms with E-state index in [-0.39, 0.29) is 12.5 Å². The summed E-state index contributed by atoms with van der Waals surface area (Å²) in [4.78, 5) is 14.1. The van der Waals surface area contributed by atoms with E-state index in [4.69, 9.17) is 14.2 Å². The first-order valence-electron chi connectivity index (χ1n) is 8.30. The topological polar surface area (TPSA) is 60.0 Å². The lowest BCUT2D eigenvalue weighted by Gasteiger charge is -2.28. The minimum absolute atomic E-state index is 0.000210. The van der Waals surface area contributed by atoms with Crippen molar-refractivity contribution >= 4 is 5.91 Å². The zero-order valence-corrected chi connectivity index (χ0v) is 14.8. The van der Waals surface area contributed by atoms with Crippen LogP contribution in [-0.2, 0) is 14.3 Å². The van der Waals surface area contributed by atoms with Gasteiger partial charge in [0.1, 0.15) is 12.4 Å². The van der Waals surface area contributed by atoms with E-state index >= 15 is 0 Å². The average molecular weight is 336 g/mol. The summed E-state index contributed by atoms with van der Waals surface area (Å²) in [5.41, 5.74) is 1.20. The maximum atomic E-state index is 12.3. The van der Waals surface area contributed by atoms with Crippen molar-refractivity contribution in [2.45, 2.75) is 5.92 Å². The molecule has 6 nitrogen and oxygen atoms in total. The van der Waals surface area contributed by atoms with Gasteiger partial charge in [0, 0.05) is 46.3 Å². The molecule has 2 atom stereocenters. The van der Waals surface area contributed by atoms with Crippen molar-refractivity contribution in [3.8, 4) is 5.75 Å². The molecule has 1 aromatic carbocycles. The summed E-state index contributed by atoms with van der Waals surface area (Å²) in [6.45, 7) is 3.65. The second-order valence-electron chi connectivity index (χ2n) is 6.03. The fourth-order valence-electron chi connectivity index (χ4n) is 3.28. The van der Waals surface area contributed by atoms with E-state index in [1.807, 2.05) is 23.1 Å². The second kappa shape index (κ2) is 9.61. The molecule has 2 rings (SSSR count). The Morgan fingerprint density at radius 1 is 1.21 bits per heavy atom. The largest absolute Gasteiger partial charge is 0.496 e. The summed E-state index contributed by atoms with van der Waals surface area (Å²) in [5, 5.41) is 3.45. The Hall–Kier alpha value is -1.63. The third-order valence-electron chi connectivity index (χ3n) is 4.52. The van der Waals surface area contributed by atoms with Crippen molar-refractivity contribution in [2.75, 3.05) is 60.7 Å². The van der Waals surface area contributed by atoms with Crippen LogP contribution in [-0.4, -0.2) is 71.5 Å². The molecule has 24 heavy (non-hydrogen) atoms. The van der Waals surface area contributed by atoms with Crippen molar-refractivity contribution < 1.29 is 19.0 Å². The second-order valence-corrected chi connectivity index (χ2v) is 6.03. The Morgan fingerprint density at radius 3 is 2.71 bits per heavy atom. The highest BCUT2D eigenvalue weighted by Crippen LogP contribution is 2.34. The van der Waals surface area contributed by atoms with Gasteiger partial charge < -0.3 is 24.4 Å². The van der Waals surface area contributed by atoms with E-state index < -0.39 is 0 Å². The number of amides is 1. The zero-order chi connectivity index (χ0) is 17.4. The lowest BCUT2D eigenvalue weighted by Crippen LogP contribution is -2.41. The number of para-hydroxylation sites is 1. The number of benzene rings is 1. The van der Waals surface area contributed by atoms with Gasteiger partial charge in [-0.15, -0.1) is 0 Å². The van der Waals surface area contributed by atoms with E-state index in [0.29, 0.717) is 31.5 Å². The number of rotatable bonds is 9. The molecule has 0 spiro atoms. The number of carbonyl (C=O) groups is 1. The summed E-state index contributed by atoms with van der Waals surface area (Å²) in [6, 6.07) is 8.11. The van der Waals surface area contributed by atoms with Gasteiger partial charge in [0.05, 0.1) is 13.7 Å². The Morgan fingerprint density at radius 2 is 2.00 bits per heavy atom. The minimum atomic E-state index is 0.000210. The molecule has 0 saturated carbocycles. The molecule has 1 N–H and O–H groups in total. The molecule has 0 bridgehead atoms. The van der Waals surface area contributed by atoms with Crippen LogP contribution in [0.15, 0.2) is 24.3 Å². The van der Waals surface area contributed by atoms with Crippen molar-refractivity contribution in [2.24, 2.45) is 5.92 Å². The van der Waals surface area contributed by atoms with Crippen molar-refractivity contribution in [1.29, 1.82) is 0 Å². The molecule has 1 amide bonds. The van der Waals surface area contributed by atoms with Crippen LogP contribution in [0.25, 0.3) is 0 Å². The third kappa shape index (κ3) is 4.69. The number of nitrogens with one attached hydrogen (secondary N) is 1. The molecule has 0 aromatic heterocycles. The van der Waals surface area contributed by atoms with E-state index in [1.165, 1.54) is 5.56 Å².